The lowest BCUT2D eigenvalue weighted by Gasteiger charge is -2.36. The van der Waals surface area contributed by atoms with Crippen LogP contribution in [0.3, 0.4) is 0 Å². The molecule has 1 unspecified atom stereocenters. The van der Waals surface area contributed by atoms with Crippen LogP contribution in [0, 0.1) is 11.8 Å². The van der Waals surface area contributed by atoms with Crippen molar-refractivity contribution < 1.29 is 27.6 Å². The van der Waals surface area contributed by atoms with Gasteiger partial charge in [-0.25, -0.2) is 0 Å². The second-order valence-corrected chi connectivity index (χ2v) is 9.43. The van der Waals surface area contributed by atoms with E-state index in [1.807, 2.05) is 6.08 Å². The Bertz CT molecular complexity index is 443. The third-order valence-electron chi connectivity index (χ3n) is 4.92. The zero-order valence-electron chi connectivity index (χ0n) is 14.1. The van der Waals surface area contributed by atoms with Crippen molar-refractivity contribution in [3.8, 4) is 0 Å². The van der Waals surface area contributed by atoms with Crippen molar-refractivity contribution in [2.45, 2.75) is 44.1 Å². The monoisotopic (exact) mass is 342 g/mol. The van der Waals surface area contributed by atoms with Crippen LogP contribution >= 0.6 is 0 Å². The van der Waals surface area contributed by atoms with Crippen molar-refractivity contribution in [1.82, 2.24) is 0 Å². The maximum atomic E-state index is 11.4. The first-order valence-electron chi connectivity index (χ1n) is 8.11. The van der Waals surface area contributed by atoms with Crippen molar-refractivity contribution in [2.24, 2.45) is 11.8 Å². The predicted octanol–water partition coefficient (Wildman–Crippen LogP) is 2.46. The van der Waals surface area contributed by atoms with Gasteiger partial charge in [-0.05, 0) is 38.0 Å². The molecule has 0 bridgehead atoms. The molecule has 0 aromatic carbocycles. The molecule has 2 aliphatic rings. The average molecular weight is 342 g/mol. The van der Waals surface area contributed by atoms with Gasteiger partial charge in [0.1, 0.15) is 0 Å². The van der Waals surface area contributed by atoms with Crippen molar-refractivity contribution in [1.29, 1.82) is 0 Å². The smallest absolute Gasteiger partial charge is 0.393 e. The summed E-state index contributed by atoms with van der Waals surface area (Å²) in [5.74, 6) is -0.601. The van der Waals surface area contributed by atoms with Crippen LogP contribution in [0.15, 0.2) is 12.2 Å². The highest BCUT2D eigenvalue weighted by atomic mass is 28.4. The fourth-order valence-electron chi connectivity index (χ4n) is 3.55. The van der Waals surface area contributed by atoms with Crippen molar-refractivity contribution in [3.63, 3.8) is 0 Å². The zero-order valence-corrected chi connectivity index (χ0v) is 15.1. The largest absolute Gasteiger partial charge is 0.503 e. The van der Waals surface area contributed by atoms with Gasteiger partial charge >= 0.3 is 20.7 Å². The molecule has 0 radical (unpaired) electrons. The summed E-state index contributed by atoms with van der Waals surface area (Å²) in [5, 5.41) is 0. The van der Waals surface area contributed by atoms with E-state index in [1.54, 1.807) is 21.3 Å². The lowest BCUT2D eigenvalue weighted by atomic mass is 9.88. The average Bonchev–Trinajstić information content (AvgIpc) is 2.89. The number of rotatable bonds is 7. The number of hydrogen-bond donors (Lipinski definition) is 0. The number of carbonyl (C=O) groups excluding carboxylic acids is 2. The molecule has 0 spiro atoms. The van der Waals surface area contributed by atoms with E-state index in [2.05, 4.69) is 10.8 Å². The molecule has 7 heteroatoms. The molecule has 1 saturated carbocycles. The van der Waals surface area contributed by atoms with Gasteiger partial charge in [0, 0.05) is 26.9 Å². The summed E-state index contributed by atoms with van der Waals surface area (Å²) < 4.78 is 21.3. The predicted molar refractivity (Wildman–Crippen MR) is 85.5 cm³/mol. The van der Waals surface area contributed by atoms with E-state index in [4.69, 9.17) is 13.3 Å². The molecule has 1 atom stereocenters. The Labute approximate surface area is 138 Å². The highest BCUT2D eigenvalue weighted by Crippen LogP contribution is 2.40. The second kappa shape index (κ2) is 8.19. The maximum Gasteiger partial charge on any atom is 0.503 e. The van der Waals surface area contributed by atoms with Gasteiger partial charge in [-0.15, -0.1) is 0 Å². The van der Waals surface area contributed by atoms with Crippen molar-refractivity contribution in [3.05, 3.63) is 12.2 Å². The van der Waals surface area contributed by atoms with Gasteiger partial charge in [0.2, 0.25) is 0 Å². The molecule has 0 aromatic rings. The molecule has 130 valence electrons. The van der Waals surface area contributed by atoms with E-state index in [0.717, 1.165) is 25.7 Å². The number of allylic oxidation sites excluding steroid dienone is 2. The van der Waals surface area contributed by atoms with Crippen LogP contribution < -0.4 is 0 Å². The Morgan fingerprint density at radius 1 is 1.09 bits per heavy atom. The van der Waals surface area contributed by atoms with E-state index in [1.165, 1.54) is 0 Å². The molecule has 0 aromatic heterocycles. The van der Waals surface area contributed by atoms with Gasteiger partial charge in [0.15, 0.2) is 0 Å². The third-order valence-corrected chi connectivity index (χ3v) is 8.20. The van der Waals surface area contributed by atoms with Crippen LogP contribution in [0.1, 0.15) is 38.5 Å². The van der Waals surface area contributed by atoms with Crippen molar-refractivity contribution in [2.75, 3.05) is 21.3 Å². The van der Waals surface area contributed by atoms with Gasteiger partial charge in [0.25, 0.3) is 0 Å². The fourth-order valence-corrected chi connectivity index (χ4v) is 6.09. The van der Waals surface area contributed by atoms with E-state index in [9.17, 15) is 9.59 Å². The Kier molecular flexibility index (Phi) is 6.52. The molecule has 1 saturated heterocycles. The summed E-state index contributed by atoms with van der Waals surface area (Å²) in [6.45, 7) is 0. The highest BCUT2D eigenvalue weighted by molar-refractivity contribution is 6.62. The molecule has 0 amide bonds. The summed E-state index contributed by atoms with van der Waals surface area (Å²) in [4.78, 5) is 22.5. The van der Waals surface area contributed by atoms with E-state index < -0.39 is 14.8 Å². The zero-order chi connectivity index (χ0) is 16.9. The SMILES string of the molecule is CO[Si](OC)(OC)C1CCC(C=CCC2CC(=O)OC2=O)CC1. The first kappa shape index (κ1) is 18.3. The standard InChI is InChI=1S/C16H26O6Si/c1-19-23(20-2,21-3)14-9-7-12(8-10-14)5-4-6-13-11-15(17)22-16(13)18/h4-5,12-14H,6-11H2,1-3H3. The summed E-state index contributed by atoms with van der Waals surface area (Å²) in [7, 11) is 2.44. The molecule has 2 fully saturated rings. The molecule has 2 rings (SSSR count). The van der Waals surface area contributed by atoms with Gasteiger partial charge in [-0.2, -0.15) is 0 Å². The molecular weight excluding hydrogens is 316 g/mol. The van der Waals surface area contributed by atoms with Crippen molar-refractivity contribution >= 4 is 20.7 Å². The molecule has 1 aliphatic heterocycles. The molecule has 1 aliphatic carbocycles. The first-order valence-corrected chi connectivity index (χ1v) is 9.91. The van der Waals surface area contributed by atoms with Crippen LogP contribution in [0.5, 0.6) is 0 Å². The number of carbonyl (C=O) groups is 2. The van der Waals surface area contributed by atoms with E-state index in [0.29, 0.717) is 17.9 Å². The topological polar surface area (TPSA) is 71.1 Å². The Balaban J connectivity index is 1.79. The van der Waals surface area contributed by atoms with Gasteiger partial charge in [-0.3, -0.25) is 9.59 Å². The Morgan fingerprint density at radius 3 is 2.17 bits per heavy atom. The van der Waals surface area contributed by atoms with Crippen LogP contribution in [-0.2, 0) is 27.6 Å². The third kappa shape index (κ3) is 4.29. The normalized spacial score (nSPS) is 29.3. The van der Waals surface area contributed by atoms with E-state index in [-0.39, 0.29) is 18.3 Å². The summed E-state index contributed by atoms with van der Waals surface area (Å²) in [6.07, 6.45) is 9.11. The minimum absolute atomic E-state index is 0.208. The molecule has 1 heterocycles. The summed E-state index contributed by atoms with van der Waals surface area (Å²) >= 11 is 0. The Hall–Kier alpha value is -1.02. The number of ether oxygens (including phenoxy) is 1. The number of hydrogen-bond acceptors (Lipinski definition) is 6. The highest BCUT2D eigenvalue weighted by Gasteiger charge is 2.48. The van der Waals surface area contributed by atoms with Gasteiger partial charge in [0.05, 0.1) is 12.3 Å². The lowest BCUT2D eigenvalue weighted by molar-refractivity contribution is -0.153. The first-order chi connectivity index (χ1) is 11.0. The second-order valence-electron chi connectivity index (χ2n) is 6.19. The van der Waals surface area contributed by atoms with Crippen LogP contribution in [-0.4, -0.2) is 42.1 Å². The fraction of sp³-hybridized carbons (Fsp3) is 0.750. The molecule has 23 heavy (non-hydrogen) atoms. The van der Waals surface area contributed by atoms with E-state index >= 15 is 0 Å². The minimum Gasteiger partial charge on any atom is -0.393 e. The molecule has 0 N–H and O–H groups in total. The summed E-state index contributed by atoms with van der Waals surface area (Å²) in [5.41, 5.74) is 0.342. The van der Waals surface area contributed by atoms with Crippen LogP contribution in [0.4, 0.5) is 0 Å². The summed E-state index contributed by atoms with van der Waals surface area (Å²) in [6, 6.07) is 0. The number of cyclic esters (lactones) is 2. The van der Waals surface area contributed by atoms with Crippen LogP contribution in [0.2, 0.25) is 5.54 Å². The molecular formula is C16H26O6Si. The maximum absolute atomic E-state index is 11.4. The van der Waals surface area contributed by atoms with Gasteiger partial charge < -0.3 is 18.0 Å². The Morgan fingerprint density at radius 2 is 1.70 bits per heavy atom. The minimum atomic E-state index is -2.54. The van der Waals surface area contributed by atoms with Crippen LogP contribution in [0.25, 0.3) is 0 Å². The number of esters is 2. The quantitative estimate of drug-likeness (QED) is 0.306. The molecule has 6 nitrogen and oxygen atoms in total. The lowest BCUT2D eigenvalue weighted by Crippen LogP contribution is -2.48. The van der Waals surface area contributed by atoms with Gasteiger partial charge in [-0.1, -0.05) is 12.2 Å².